The van der Waals surface area contributed by atoms with Crippen LogP contribution in [0.15, 0.2) is 24.3 Å². The predicted octanol–water partition coefficient (Wildman–Crippen LogP) is 2.23. The number of nitrogens with zero attached hydrogens (tertiary/aromatic N) is 1. The van der Waals surface area contributed by atoms with Crippen LogP contribution in [0.3, 0.4) is 0 Å². The van der Waals surface area contributed by atoms with Crippen LogP contribution in [0.25, 0.3) is 10.4 Å². The molecule has 1 aromatic carbocycles. The number of rotatable bonds is 5. The van der Waals surface area contributed by atoms with E-state index in [1.165, 1.54) is 7.11 Å². The van der Waals surface area contributed by atoms with Crippen molar-refractivity contribution in [3.63, 3.8) is 0 Å². The van der Waals surface area contributed by atoms with E-state index in [2.05, 4.69) is 0 Å². The van der Waals surface area contributed by atoms with Crippen LogP contribution in [0, 0.1) is 11.3 Å². The lowest BCUT2D eigenvalue weighted by atomic mass is 10.1. The van der Waals surface area contributed by atoms with Crippen molar-refractivity contribution in [3.8, 4) is 22.3 Å². The summed E-state index contributed by atoms with van der Waals surface area (Å²) in [4.78, 5) is 23.1. The molecule has 0 saturated heterocycles. The number of benzene rings is 1. The van der Waals surface area contributed by atoms with Crippen LogP contribution in [0.1, 0.15) is 15.2 Å². The van der Waals surface area contributed by atoms with E-state index in [1.807, 2.05) is 6.07 Å². The zero-order valence-electron chi connectivity index (χ0n) is 11.7. The lowest BCUT2D eigenvalue weighted by molar-refractivity contribution is -0.109. The van der Waals surface area contributed by atoms with Gasteiger partial charge in [0.2, 0.25) is 0 Å². The number of carbonyl (C=O) groups is 2. The SMILES string of the molecule is COC(=O)c1sc(-c2cccc(N)c2)c(C#N)c1OCC=O. The molecular weight excluding hydrogens is 304 g/mol. The summed E-state index contributed by atoms with van der Waals surface area (Å²) >= 11 is 1.06. The molecular formula is C15H12N2O4S. The van der Waals surface area contributed by atoms with Crippen molar-refractivity contribution in [2.24, 2.45) is 0 Å². The minimum atomic E-state index is -0.627. The molecule has 0 fully saturated rings. The number of hydrogen-bond donors (Lipinski definition) is 1. The average Bonchev–Trinajstić information content (AvgIpc) is 2.90. The predicted molar refractivity (Wildman–Crippen MR) is 81.8 cm³/mol. The summed E-state index contributed by atoms with van der Waals surface area (Å²) in [5, 5.41) is 9.40. The van der Waals surface area contributed by atoms with Crippen molar-refractivity contribution in [1.29, 1.82) is 5.26 Å². The number of aldehydes is 1. The highest BCUT2D eigenvalue weighted by Gasteiger charge is 2.26. The number of thiophene rings is 1. The largest absolute Gasteiger partial charge is 0.483 e. The van der Waals surface area contributed by atoms with Gasteiger partial charge in [0.25, 0.3) is 0 Å². The van der Waals surface area contributed by atoms with Gasteiger partial charge in [-0.2, -0.15) is 5.26 Å². The maximum absolute atomic E-state index is 11.9. The molecule has 2 N–H and O–H groups in total. The quantitative estimate of drug-likeness (QED) is 0.515. The fraction of sp³-hybridized carbons (Fsp3) is 0.133. The highest BCUT2D eigenvalue weighted by molar-refractivity contribution is 7.18. The topological polar surface area (TPSA) is 102 Å². The molecule has 0 aliphatic carbocycles. The molecule has 22 heavy (non-hydrogen) atoms. The van der Waals surface area contributed by atoms with Gasteiger partial charge >= 0.3 is 5.97 Å². The zero-order valence-corrected chi connectivity index (χ0v) is 12.5. The van der Waals surface area contributed by atoms with E-state index in [9.17, 15) is 14.9 Å². The molecule has 0 spiro atoms. The average molecular weight is 316 g/mol. The Kier molecular flexibility index (Phi) is 4.76. The second-order valence-corrected chi connectivity index (χ2v) is 5.19. The summed E-state index contributed by atoms with van der Waals surface area (Å²) in [6, 6.07) is 8.94. The smallest absolute Gasteiger partial charge is 0.351 e. The number of nitrogens with two attached hydrogens (primary N) is 1. The Balaban J connectivity index is 2.64. The fourth-order valence-electron chi connectivity index (χ4n) is 1.88. The Morgan fingerprint density at radius 1 is 1.50 bits per heavy atom. The molecule has 2 aromatic rings. The van der Waals surface area contributed by atoms with Crippen molar-refractivity contribution < 1.29 is 19.1 Å². The van der Waals surface area contributed by atoms with Gasteiger partial charge in [-0.3, -0.25) is 4.79 Å². The van der Waals surface area contributed by atoms with Crippen molar-refractivity contribution in [2.75, 3.05) is 19.5 Å². The first-order valence-electron chi connectivity index (χ1n) is 6.20. The summed E-state index contributed by atoms with van der Waals surface area (Å²) < 4.78 is 9.95. The number of carbonyl (C=O) groups excluding carboxylic acids is 2. The molecule has 0 atom stereocenters. The Morgan fingerprint density at radius 3 is 2.86 bits per heavy atom. The second kappa shape index (κ2) is 6.74. The first-order valence-corrected chi connectivity index (χ1v) is 7.01. The maximum Gasteiger partial charge on any atom is 0.351 e. The fourth-order valence-corrected chi connectivity index (χ4v) is 2.99. The van der Waals surface area contributed by atoms with Gasteiger partial charge in [-0.05, 0) is 17.7 Å². The maximum atomic E-state index is 11.9. The Labute approximate surface area is 130 Å². The Morgan fingerprint density at radius 2 is 2.27 bits per heavy atom. The van der Waals surface area contributed by atoms with E-state index in [0.29, 0.717) is 22.4 Å². The van der Waals surface area contributed by atoms with Crippen LogP contribution >= 0.6 is 11.3 Å². The lowest BCUT2D eigenvalue weighted by Crippen LogP contribution is -2.05. The summed E-state index contributed by atoms with van der Waals surface area (Å²) in [6.07, 6.45) is 0.542. The van der Waals surface area contributed by atoms with Gasteiger partial charge in [-0.1, -0.05) is 12.1 Å². The highest BCUT2D eigenvalue weighted by atomic mass is 32.1. The van der Waals surface area contributed by atoms with Crippen molar-refractivity contribution >= 4 is 29.3 Å². The molecule has 0 bridgehead atoms. The van der Waals surface area contributed by atoms with Crippen molar-refractivity contribution in [1.82, 2.24) is 0 Å². The normalized spacial score (nSPS) is 9.82. The van der Waals surface area contributed by atoms with Crippen LogP contribution in [0.4, 0.5) is 5.69 Å². The molecule has 0 unspecified atom stereocenters. The van der Waals surface area contributed by atoms with Gasteiger partial charge in [-0.15, -0.1) is 11.3 Å². The molecule has 7 heteroatoms. The number of methoxy groups -OCH3 is 1. The number of hydrogen-bond acceptors (Lipinski definition) is 7. The van der Waals surface area contributed by atoms with E-state index in [4.69, 9.17) is 15.2 Å². The van der Waals surface area contributed by atoms with Gasteiger partial charge in [0, 0.05) is 5.69 Å². The van der Waals surface area contributed by atoms with E-state index in [1.54, 1.807) is 24.3 Å². The Bertz CT molecular complexity index is 761. The van der Waals surface area contributed by atoms with E-state index < -0.39 is 5.97 Å². The van der Waals surface area contributed by atoms with Gasteiger partial charge in [0.15, 0.2) is 16.9 Å². The summed E-state index contributed by atoms with van der Waals surface area (Å²) in [6.45, 7) is -0.258. The van der Waals surface area contributed by atoms with Crippen LogP contribution < -0.4 is 10.5 Å². The van der Waals surface area contributed by atoms with E-state index in [-0.39, 0.29) is 22.8 Å². The van der Waals surface area contributed by atoms with Crippen LogP contribution in [-0.4, -0.2) is 26.0 Å². The first kappa shape index (κ1) is 15.5. The molecule has 6 nitrogen and oxygen atoms in total. The van der Waals surface area contributed by atoms with Crippen molar-refractivity contribution in [3.05, 3.63) is 34.7 Å². The number of esters is 1. The molecule has 0 aliphatic rings. The minimum Gasteiger partial charge on any atom is -0.483 e. The molecule has 2 rings (SSSR count). The highest BCUT2D eigenvalue weighted by Crippen LogP contribution is 2.42. The molecule has 0 amide bonds. The third-order valence-corrected chi connectivity index (χ3v) is 3.99. The summed E-state index contributed by atoms with van der Waals surface area (Å²) in [5.41, 5.74) is 7.15. The second-order valence-electron chi connectivity index (χ2n) is 4.17. The van der Waals surface area contributed by atoms with Crippen LogP contribution in [-0.2, 0) is 9.53 Å². The number of anilines is 1. The number of nitrogen functional groups attached to an aromatic ring is 1. The lowest BCUT2D eigenvalue weighted by Gasteiger charge is -2.03. The third-order valence-electron chi connectivity index (χ3n) is 2.79. The third kappa shape index (κ3) is 2.92. The molecule has 1 aromatic heterocycles. The number of ether oxygens (including phenoxy) is 2. The van der Waals surface area contributed by atoms with Gasteiger partial charge in [0.1, 0.15) is 18.2 Å². The zero-order chi connectivity index (χ0) is 16.1. The summed E-state index contributed by atoms with van der Waals surface area (Å²) in [7, 11) is 1.23. The molecule has 112 valence electrons. The van der Waals surface area contributed by atoms with E-state index >= 15 is 0 Å². The first-order chi connectivity index (χ1) is 10.6. The molecule has 0 saturated carbocycles. The number of nitriles is 1. The minimum absolute atomic E-state index is 0.0591. The van der Waals surface area contributed by atoms with Crippen LogP contribution in [0.2, 0.25) is 0 Å². The monoisotopic (exact) mass is 316 g/mol. The Hall–Kier alpha value is -2.85. The molecule has 0 aliphatic heterocycles. The molecule has 0 radical (unpaired) electrons. The van der Waals surface area contributed by atoms with Crippen LogP contribution in [0.5, 0.6) is 5.75 Å². The summed E-state index contributed by atoms with van der Waals surface area (Å²) in [5.74, 6) is -0.568. The van der Waals surface area contributed by atoms with Gasteiger partial charge in [0.05, 0.1) is 12.0 Å². The van der Waals surface area contributed by atoms with Gasteiger partial charge in [-0.25, -0.2) is 4.79 Å². The standard InChI is InChI=1S/C15H12N2O4S/c1-20-15(19)14-12(21-6-5-18)11(8-16)13(22-14)9-3-2-4-10(17)7-9/h2-5,7H,6,17H2,1H3. The van der Waals surface area contributed by atoms with Gasteiger partial charge < -0.3 is 15.2 Å². The molecule has 1 heterocycles. The van der Waals surface area contributed by atoms with Crippen molar-refractivity contribution in [2.45, 2.75) is 0 Å². The van der Waals surface area contributed by atoms with E-state index in [0.717, 1.165) is 11.3 Å².